The molecule has 0 heterocycles. The smallest absolute Gasteiger partial charge is 0.421 e. The number of carbonyl (C=O) groups is 1. The van der Waals surface area contributed by atoms with Gasteiger partial charge in [-0.05, 0) is 12.5 Å². The molecule has 8 heteroatoms. The SMILES string of the molecule is CCOC(=O)NS(=O)(=O)N(CCCl)Cc1ccccc1. The molecule has 20 heavy (non-hydrogen) atoms. The lowest BCUT2D eigenvalue weighted by Crippen LogP contribution is -2.44. The summed E-state index contributed by atoms with van der Waals surface area (Å²) in [5.74, 6) is 0.122. The van der Waals surface area contributed by atoms with Crippen LogP contribution in [0.1, 0.15) is 12.5 Å². The Bertz CT molecular complexity index is 522. The zero-order chi connectivity index (χ0) is 15.0. The Morgan fingerprint density at radius 1 is 1.35 bits per heavy atom. The summed E-state index contributed by atoms with van der Waals surface area (Å²) in [6.07, 6.45) is -1.000. The van der Waals surface area contributed by atoms with E-state index in [9.17, 15) is 13.2 Å². The number of carbonyl (C=O) groups excluding carboxylic acids is 1. The quantitative estimate of drug-likeness (QED) is 0.776. The summed E-state index contributed by atoms with van der Waals surface area (Å²) in [5, 5.41) is 0. The van der Waals surface area contributed by atoms with Gasteiger partial charge in [-0.2, -0.15) is 12.7 Å². The van der Waals surface area contributed by atoms with E-state index in [0.29, 0.717) is 0 Å². The van der Waals surface area contributed by atoms with Crippen LogP contribution in [0.15, 0.2) is 30.3 Å². The minimum atomic E-state index is -3.98. The number of benzene rings is 1. The Hall–Kier alpha value is -1.31. The fourth-order valence-corrected chi connectivity index (χ4v) is 2.85. The van der Waals surface area contributed by atoms with E-state index in [2.05, 4.69) is 4.74 Å². The van der Waals surface area contributed by atoms with Gasteiger partial charge in [0.1, 0.15) is 0 Å². The maximum Gasteiger partial charge on any atom is 0.421 e. The fourth-order valence-electron chi connectivity index (χ4n) is 1.50. The molecule has 0 atom stereocenters. The van der Waals surface area contributed by atoms with E-state index >= 15 is 0 Å². The number of alkyl halides is 1. The standard InChI is InChI=1S/C12H17ClN2O4S/c1-2-19-12(16)14-20(17,18)15(9-8-13)10-11-6-4-3-5-7-11/h3-7H,2,8-10H2,1H3,(H,14,16). The van der Waals surface area contributed by atoms with Crippen LogP contribution in [0.5, 0.6) is 0 Å². The molecule has 0 saturated heterocycles. The molecule has 0 fully saturated rings. The van der Waals surface area contributed by atoms with Crippen LogP contribution in [0.25, 0.3) is 0 Å². The maximum atomic E-state index is 12.1. The minimum absolute atomic E-state index is 0.0885. The Labute approximate surface area is 123 Å². The second-order valence-corrected chi connectivity index (χ2v) is 5.88. The predicted molar refractivity (Wildman–Crippen MR) is 76.6 cm³/mol. The van der Waals surface area contributed by atoms with Crippen molar-refractivity contribution in [1.29, 1.82) is 0 Å². The second kappa shape index (κ2) is 8.08. The largest absolute Gasteiger partial charge is 0.449 e. The zero-order valence-corrected chi connectivity index (χ0v) is 12.7. The van der Waals surface area contributed by atoms with Gasteiger partial charge in [-0.15, -0.1) is 11.6 Å². The third kappa shape index (κ3) is 5.36. The third-order valence-electron chi connectivity index (χ3n) is 2.36. The van der Waals surface area contributed by atoms with E-state index in [-0.39, 0.29) is 25.6 Å². The van der Waals surface area contributed by atoms with Crippen molar-refractivity contribution in [3.8, 4) is 0 Å². The van der Waals surface area contributed by atoms with Crippen LogP contribution in [0.2, 0.25) is 0 Å². The van der Waals surface area contributed by atoms with Crippen molar-refractivity contribution in [3.05, 3.63) is 35.9 Å². The van der Waals surface area contributed by atoms with Gasteiger partial charge in [-0.25, -0.2) is 9.52 Å². The van der Waals surface area contributed by atoms with Crippen LogP contribution in [-0.4, -0.2) is 37.8 Å². The van der Waals surface area contributed by atoms with Crippen molar-refractivity contribution >= 4 is 27.9 Å². The van der Waals surface area contributed by atoms with Crippen molar-refractivity contribution in [2.24, 2.45) is 0 Å². The molecule has 0 saturated carbocycles. The van der Waals surface area contributed by atoms with Gasteiger partial charge in [0, 0.05) is 19.0 Å². The molecule has 0 aliphatic carbocycles. The van der Waals surface area contributed by atoms with Gasteiger partial charge in [0.25, 0.3) is 0 Å². The van der Waals surface area contributed by atoms with Crippen molar-refractivity contribution < 1.29 is 17.9 Å². The molecule has 0 aromatic heterocycles. The van der Waals surface area contributed by atoms with E-state index in [1.807, 2.05) is 10.8 Å². The van der Waals surface area contributed by atoms with Gasteiger partial charge >= 0.3 is 16.3 Å². The fraction of sp³-hybridized carbons (Fsp3) is 0.417. The summed E-state index contributed by atoms with van der Waals surface area (Å²) >= 11 is 5.62. The first-order chi connectivity index (χ1) is 9.49. The van der Waals surface area contributed by atoms with Crippen molar-refractivity contribution in [1.82, 2.24) is 9.03 Å². The van der Waals surface area contributed by atoms with Crippen LogP contribution < -0.4 is 4.72 Å². The average Bonchev–Trinajstić information content (AvgIpc) is 2.39. The lowest BCUT2D eigenvalue weighted by molar-refractivity contribution is 0.158. The lowest BCUT2D eigenvalue weighted by atomic mass is 10.2. The van der Waals surface area contributed by atoms with E-state index in [1.54, 1.807) is 31.2 Å². The van der Waals surface area contributed by atoms with Crippen LogP contribution in [0, 0.1) is 0 Å². The highest BCUT2D eigenvalue weighted by molar-refractivity contribution is 7.87. The molecule has 1 amide bonds. The predicted octanol–water partition coefficient (Wildman–Crippen LogP) is 1.72. The number of halogens is 1. The third-order valence-corrected chi connectivity index (χ3v) is 3.95. The van der Waals surface area contributed by atoms with Crippen LogP contribution >= 0.6 is 11.6 Å². The van der Waals surface area contributed by atoms with Crippen molar-refractivity contribution in [2.75, 3.05) is 19.0 Å². The molecule has 1 aromatic rings. The highest BCUT2D eigenvalue weighted by Gasteiger charge is 2.24. The number of nitrogens with one attached hydrogen (secondary N) is 1. The normalized spacial score (nSPS) is 11.3. The Kier molecular flexibility index (Phi) is 6.77. The first-order valence-corrected chi connectivity index (χ1v) is 8.01. The molecule has 0 bridgehead atoms. The van der Waals surface area contributed by atoms with Gasteiger partial charge in [0.2, 0.25) is 0 Å². The molecular formula is C12H17ClN2O4S. The topological polar surface area (TPSA) is 75.7 Å². The molecule has 1 aromatic carbocycles. The second-order valence-electron chi connectivity index (χ2n) is 3.84. The number of amides is 1. The first kappa shape index (κ1) is 16.7. The Morgan fingerprint density at radius 2 is 2.00 bits per heavy atom. The van der Waals surface area contributed by atoms with E-state index in [4.69, 9.17) is 11.6 Å². The Balaban J connectivity index is 2.81. The van der Waals surface area contributed by atoms with Crippen molar-refractivity contribution in [2.45, 2.75) is 13.5 Å². The van der Waals surface area contributed by atoms with Gasteiger partial charge in [0.15, 0.2) is 0 Å². The number of hydrogen-bond acceptors (Lipinski definition) is 4. The number of hydrogen-bond donors (Lipinski definition) is 1. The monoisotopic (exact) mass is 320 g/mol. The Morgan fingerprint density at radius 3 is 2.55 bits per heavy atom. The molecule has 0 aliphatic heterocycles. The van der Waals surface area contributed by atoms with Gasteiger partial charge < -0.3 is 4.74 Å². The summed E-state index contributed by atoms with van der Waals surface area (Å²) in [6.45, 7) is 1.90. The summed E-state index contributed by atoms with van der Waals surface area (Å²) in [4.78, 5) is 11.2. The van der Waals surface area contributed by atoms with E-state index in [1.165, 1.54) is 0 Å². The molecule has 0 aliphatic rings. The number of rotatable bonds is 7. The minimum Gasteiger partial charge on any atom is -0.449 e. The summed E-state index contributed by atoms with van der Waals surface area (Å²) < 4.78 is 31.6. The zero-order valence-electron chi connectivity index (χ0n) is 11.1. The molecule has 0 spiro atoms. The molecule has 112 valence electrons. The van der Waals surface area contributed by atoms with Crippen molar-refractivity contribution in [3.63, 3.8) is 0 Å². The summed E-state index contributed by atoms with van der Waals surface area (Å²) in [7, 11) is -3.98. The maximum absolute atomic E-state index is 12.1. The highest BCUT2D eigenvalue weighted by atomic mass is 35.5. The van der Waals surface area contributed by atoms with Gasteiger partial charge in [-0.3, -0.25) is 0 Å². The van der Waals surface area contributed by atoms with E-state index in [0.717, 1.165) is 9.87 Å². The molecule has 0 radical (unpaired) electrons. The molecule has 1 N–H and O–H groups in total. The first-order valence-electron chi connectivity index (χ1n) is 6.04. The van der Waals surface area contributed by atoms with Crippen LogP contribution in [0.3, 0.4) is 0 Å². The van der Waals surface area contributed by atoms with Crippen LogP contribution in [-0.2, 0) is 21.5 Å². The van der Waals surface area contributed by atoms with Gasteiger partial charge in [0.05, 0.1) is 6.61 Å². The molecular weight excluding hydrogens is 304 g/mol. The number of nitrogens with zero attached hydrogens (tertiary/aromatic N) is 1. The van der Waals surface area contributed by atoms with Crippen LogP contribution in [0.4, 0.5) is 4.79 Å². The molecule has 0 unspecified atom stereocenters. The summed E-state index contributed by atoms with van der Waals surface area (Å²) in [6, 6.07) is 9.03. The van der Waals surface area contributed by atoms with Gasteiger partial charge in [-0.1, -0.05) is 30.3 Å². The average molecular weight is 321 g/mol. The highest BCUT2D eigenvalue weighted by Crippen LogP contribution is 2.08. The van der Waals surface area contributed by atoms with E-state index < -0.39 is 16.3 Å². The number of ether oxygens (including phenoxy) is 1. The lowest BCUT2D eigenvalue weighted by Gasteiger charge is -2.21. The molecule has 6 nitrogen and oxygen atoms in total. The summed E-state index contributed by atoms with van der Waals surface area (Å²) in [5.41, 5.74) is 0.798. The molecule has 1 rings (SSSR count).